The number of carbonyl (C=O) groups is 1. The second kappa shape index (κ2) is 8.26. The summed E-state index contributed by atoms with van der Waals surface area (Å²) in [6, 6.07) is 7.24. The third kappa shape index (κ3) is 4.40. The highest BCUT2D eigenvalue weighted by Crippen LogP contribution is 2.25. The van der Waals surface area contributed by atoms with Crippen molar-refractivity contribution in [2.24, 2.45) is 0 Å². The Bertz CT molecular complexity index is 882. The van der Waals surface area contributed by atoms with E-state index in [0.717, 1.165) is 16.3 Å². The monoisotopic (exact) mass is 434 g/mol. The predicted molar refractivity (Wildman–Crippen MR) is 102 cm³/mol. The van der Waals surface area contributed by atoms with E-state index in [1.54, 1.807) is 16.2 Å². The van der Waals surface area contributed by atoms with Gasteiger partial charge in [-0.2, -0.15) is 4.31 Å². The van der Waals surface area contributed by atoms with Crippen molar-refractivity contribution in [2.75, 3.05) is 31.9 Å². The molecule has 3 rings (SSSR count). The molecule has 1 aromatic heterocycles. The number of sulfonamides is 1. The third-order valence-electron chi connectivity index (χ3n) is 3.95. The largest absolute Gasteiger partial charge is 0.339 e. The van der Waals surface area contributed by atoms with Crippen LogP contribution in [0.4, 0.5) is 4.39 Å². The molecule has 140 valence electrons. The van der Waals surface area contributed by atoms with E-state index >= 15 is 0 Å². The quantitative estimate of drug-likeness (QED) is 0.678. The van der Waals surface area contributed by atoms with Gasteiger partial charge in [0.1, 0.15) is 5.82 Å². The van der Waals surface area contributed by atoms with E-state index in [1.807, 2.05) is 17.5 Å². The van der Waals surface area contributed by atoms with Gasteiger partial charge in [0.05, 0.1) is 19.9 Å². The Hall–Kier alpha value is -1.13. The zero-order valence-electron chi connectivity index (χ0n) is 13.6. The molecule has 1 aliphatic heterocycles. The highest BCUT2D eigenvalue weighted by Gasteiger charge is 2.30. The van der Waals surface area contributed by atoms with Crippen LogP contribution >= 0.6 is 34.7 Å². The maximum atomic E-state index is 13.3. The van der Waals surface area contributed by atoms with Crippen molar-refractivity contribution < 1.29 is 17.6 Å². The molecule has 0 atom stereocenters. The fourth-order valence-electron chi connectivity index (χ4n) is 2.53. The van der Waals surface area contributed by atoms with Crippen LogP contribution in [0.1, 0.15) is 0 Å². The number of amides is 1. The number of hydrogen-bond donors (Lipinski definition) is 0. The maximum absolute atomic E-state index is 13.3. The van der Waals surface area contributed by atoms with Crippen LogP contribution in [0.5, 0.6) is 0 Å². The summed E-state index contributed by atoms with van der Waals surface area (Å²) >= 11 is 8.75. The number of hydrogen-bond acceptors (Lipinski definition) is 5. The lowest BCUT2D eigenvalue weighted by Gasteiger charge is -2.34. The fourth-order valence-corrected chi connectivity index (χ4v) is 5.92. The van der Waals surface area contributed by atoms with Crippen LogP contribution in [0.2, 0.25) is 5.02 Å². The Morgan fingerprint density at radius 2 is 1.96 bits per heavy atom. The Morgan fingerprint density at radius 3 is 2.58 bits per heavy atom. The summed E-state index contributed by atoms with van der Waals surface area (Å²) in [7, 11) is -3.76. The molecule has 5 nitrogen and oxygen atoms in total. The summed E-state index contributed by atoms with van der Waals surface area (Å²) < 4.78 is 40.9. The van der Waals surface area contributed by atoms with Crippen molar-refractivity contribution in [1.82, 2.24) is 9.21 Å². The molecule has 1 fully saturated rings. The smallest absolute Gasteiger partial charge is 0.243 e. The van der Waals surface area contributed by atoms with Crippen molar-refractivity contribution in [3.8, 4) is 0 Å². The first-order chi connectivity index (χ1) is 12.4. The molecule has 0 radical (unpaired) electrons. The van der Waals surface area contributed by atoms with E-state index in [9.17, 15) is 17.6 Å². The van der Waals surface area contributed by atoms with Gasteiger partial charge in [-0.3, -0.25) is 4.79 Å². The van der Waals surface area contributed by atoms with Gasteiger partial charge in [0.25, 0.3) is 0 Å². The highest BCUT2D eigenvalue weighted by atomic mass is 35.5. The molecule has 2 heterocycles. The van der Waals surface area contributed by atoms with Gasteiger partial charge in [-0.15, -0.1) is 23.1 Å². The Balaban J connectivity index is 1.58. The molecular formula is C16H16ClFN2O3S3. The Morgan fingerprint density at radius 1 is 1.23 bits per heavy atom. The van der Waals surface area contributed by atoms with Crippen LogP contribution in [-0.4, -0.2) is 55.5 Å². The average Bonchev–Trinajstić information content (AvgIpc) is 3.15. The van der Waals surface area contributed by atoms with Crippen LogP contribution in [0, 0.1) is 5.82 Å². The Kier molecular flexibility index (Phi) is 6.24. The predicted octanol–water partition coefficient (Wildman–Crippen LogP) is 3.17. The fraction of sp³-hybridized carbons (Fsp3) is 0.312. The molecule has 1 aromatic carbocycles. The molecule has 26 heavy (non-hydrogen) atoms. The van der Waals surface area contributed by atoms with Crippen molar-refractivity contribution in [2.45, 2.75) is 9.10 Å². The summed E-state index contributed by atoms with van der Waals surface area (Å²) in [4.78, 5) is 13.9. The third-order valence-corrected chi connectivity index (χ3v) is 8.25. The first-order valence-electron chi connectivity index (χ1n) is 7.77. The first kappa shape index (κ1) is 19.6. The van der Waals surface area contributed by atoms with Gasteiger partial charge in [-0.25, -0.2) is 12.8 Å². The molecule has 1 aliphatic rings. The van der Waals surface area contributed by atoms with Crippen molar-refractivity contribution in [3.05, 3.63) is 46.6 Å². The molecule has 1 amide bonds. The number of carbonyl (C=O) groups excluding carboxylic acids is 1. The minimum atomic E-state index is -3.76. The highest BCUT2D eigenvalue weighted by molar-refractivity contribution is 8.01. The molecule has 1 saturated heterocycles. The molecule has 0 bridgehead atoms. The summed E-state index contributed by atoms with van der Waals surface area (Å²) in [5, 5.41) is 1.73. The molecule has 0 aliphatic carbocycles. The number of thioether (sulfide) groups is 1. The molecule has 0 spiro atoms. The number of thiophene rings is 1. The zero-order valence-corrected chi connectivity index (χ0v) is 16.8. The van der Waals surface area contributed by atoms with E-state index in [4.69, 9.17) is 11.6 Å². The molecule has 0 saturated carbocycles. The van der Waals surface area contributed by atoms with Crippen LogP contribution < -0.4 is 0 Å². The maximum Gasteiger partial charge on any atom is 0.243 e. The minimum absolute atomic E-state index is 0.00901. The molecule has 2 aromatic rings. The van der Waals surface area contributed by atoms with Crippen molar-refractivity contribution >= 4 is 50.6 Å². The normalized spacial score (nSPS) is 16.0. The summed E-state index contributed by atoms with van der Waals surface area (Å²) in [6.07, 6.45) is 0. The second-order valence-electron chi connectivity index (χ2n) is 5.58. The number of benzene rings is 1. The van der Waals surface area contributed by atoms with Gasteiger partial charge in [-0.05, 0) is 29.6 Å². The lowest BCUT2D eigenvalue weighted by atomic mass is 10.3. The lowest BCUT2D eigenvalue weighted by molar-refractivity contribution is -0.129. The van der Waals surface area contributed by atoms with Crippen LogP contribution in [-0.2, 0) is 14.8 Å². The van der Waals surface area contributed by atoms with Gasteiger partial charge in [-0.1, -0.05) is 17.7 Å². The van der Waals surface area contributed by atoms with Gasteiger partial charge in [0.2, 0.25) is 15.9 Å². The lowest BCUT2D eigenvalue weighted by Crippen LogP contribution is -2.50. The number of rotatable bonds is 5. The summed E-state index contributed by atoms with van der Waals surface area (Å²) in [6.45, 7) is 1.06. The van der Waals surface area contributed by atoms with E-state index < -0.39 is 15.8 Å². The summed E-state index contributed by atoms with van der Waals surface area (Å²) in [5.41, 5.74) is 0. The van der Waals surface area contributed by atoms with Gasteiger partial charge >= 0.3 is 0 Å². The van der Waals surface area contributed by atoms with E-state index in [0.29, 0.717) is 18.8 Å². The van der Waals surface area contributed by atoms with Crippen molar-refractivity contribution in [3.63, 3.8) is 0 Å². The standard InChI is InChI=1S/C16H16ClFN2O3S3/c17-13-10-12(3-4-14(13)18)26(22,23)20-7-5-19(6-8-20)15(21)11-25-16-2-1-9-24-16/h1-4,9-10H,5-8,11H2. The average molecular weight is 435 g/mol. The number of piperazine rings is 1. The molecular weight excluding hydrogens is 419 g/mol. The van der Waals surface area contributed by atoms with E-state index in [-0.39, 0.29) is 28.9 Å². The van der Waals surface area contributed by atoms with Crippen LogP contribution in [0.15, 0.2) is 44.8 Å². The van der Waals surface area contributed by atoms with Crippen LogP contribution in [0.3, 0.4) is 0 Å². The SMILES string of the molecule is O=C(CSc1cccs1)N1CCN(S(=O)(=O)c2ccc(F)c(Cl)c2)CC1. The minimum Gasteiger partial charge on any atom is -0.339 e. The summed E-state index contributed by atoms with van der Waals surface area (Å²) in [5.74, 6) is -0.338. The second-order valence-corrected chi connectivity index (χ2v) is 10.1. The Labute approximate surface area is 164 Å². The van der Waals surface area contributed by atoms with Crippen LogP contribution in [0.25, 0.3) is 0 Å². The van der Waals surface area contributed by atoms with Gasteiger partial charge in [0, 0.05) is 26.2 Å². The van der Waals surface area contributed by atoms with E-state index in [2.05, 4.69) is 0 Å². The van der Waals surface area contributed by atoms with E-state index in [1.165, 1.54) is 22.1 Å². The topological polar surface area (TPSA) is 57.7 Å². The molecule has 0 unspecified atom stereocenters. The molecule has 10 heteroatoms. The number of nitrogens with zero attached hydrogens (tertiary/aromatic N) is 2. The van der Waals surface area contributed by atoms with Gasteiger partial charge < -0.3 is 4.90 Å². The number of halogens is 2. The van der Waals surface area contributed by atoms with Crippen molar-refractivity contribution in [1.29, 1.82) is 0 Å². The van der Waals surface area contributed by atoms with Gasteiger partial charge in [0.15, 0.2) is 0 Å². The molecule has 0 N–H and O–H groups in total. The first-order valence-corrected chi connectivity index (χ1v) is 11.5. The zero-order chi connectivity index (χ0) is 18.7.